The zero-order valence-corrected chi connectivity index (χ0v) is 10.9. The molecule has 19 heavy (non-hydrogen) atoms. The van der Waals surface area contributed by atoms with Crippen molar-refractivity contribution in [1.29, 1.82) is 0 Å². The van der Waals surface area contributed by atoms with Crippen molar-refractivity contribution < 1.29 is 14.4 Å². The molecule has 0 spiro atoms. The lowest BCUT2D eigenvalue weighted by Crippen LogP contribution is -2.33. The van der Waals surface area contributed by atoms with Crippen LogP contribution in [0.3, 0.4) is 0 Å². The van der Waals surface area contributed by atoms with E-state index in [2.05, 4.69) is 10.1 Å². The highest BCUT2D eigenvalue weighted by molar-refractivity contribution is 5.92. The largest absolute Gasteiger partial charge is 0.395 e. The monoisotopic (exact) mass is 264 g/mol. The molecule has 7 heteroatoms. The van der Waals surface area contributed by atoms with E-state index < -0.39 is 0 Å². The van der Waals surface area contributed by atoms with Gasteiger partial charge in [-0.3, -0.25) is 4.79 Å². The molecule has 1 N–H and O–H groups in total. The number of hydrogen-bond acceptors (Lipinski definition) is 5. The lowest BCUT2D eigenvalue weighted by molar-refractivity contribution is 0.0693. The first-order valence-corrected chi connectivity index (χ1v) is 5.90. The standard InChI is InChI=1S/C12H16N4O3/c1-9-5-11(14-19-9)12(18)16(3-4-17)7-10-6-13-8-15(10)2/h5-6,8,17H,3-4,7H2,1-2H3. The van der Waals surface area contributed by atoms with E-state index >= 15 is 0 Å². The Balaban J connectivity index is 2.15. The van der Waals surface area contributed by atoms with E-state index in [-0.39, 0.29) is 24.8 Å². The zero-order chi connectivity index (χ0) is 13.8. The molecule has 0 aliphatic rings. The van der Waals surface area contributed by atoms with E-state index in [1.54, 1.807) is 25.5 Å². The molecule has 0 aromatic carbocycles. The van der Waals surface area contributed by atoms with Crippen LogP contribution >= 0.6 is 0 Å². The summed E-state index contributed by atoms with van der Waals surface area (Å²) in [6, 6.07) is 1.58. The second-order valence-electron chi connectivity index (χ2n) is 4.27. The van der Waals surface area contributed by atoms with Crippen molar-refractivity contribution >= 4 is 5.91 Å². The molecule has 0 aliphatic carbocycles. The van der Waals surface area contributed by atoms with E-state index in [1.165, 1.54) is 4.90 Å². The van der Waals surface area contributed by atoms with Crippen LogP contribution in [0, 0.1) is 6.92 Å². The number of rotatable bonds is 5. The van der Waals surface area contributed by atoms with Crippen LogP contribution in [0.4, 0.5) is 0 Å². The normalized spacial score (nSPS) is 10.7. The molecule has 0 aliphatic heterocycles. The van der Waals surface area contributed by atoms with Gasteiger partial charge in [0.1, 0.15) is 5.76 Å². The first-order chi connectivity index (χ1) is 9.11. The van der Waals surface area contributed by atoms with Gasteiger partial charge in [0, 0.05) is 25.9 Å². The molecule has 102 valence electrons. The molecule has 2 heterocycles. The zero-order valence-electron chi connectivity index (χ0n) is 10.9. The van der Waals surface area contributed by atoms with Gasteiger partial charge in [-0.05, 0) is 6.92 Å². The van der Waals surface area contributed by atoms with Gasteiger partial charge in [0.2, 0.25) is 0 Å². The van der Waals surface area contributed by atoms with E-state index in [0.717, 1.165) is 5.69 Å². The summed E-state index contributed by atoms with van der Waals surface area (Å²) in [5.41, 5.74) is 1.12. The van der Waals surface area contributed by atoms with Gasteiger partial charge in [-0.2, -0.15) is 0 Å². The fourth-order valence-electron chi connectivity index (χ4n) is 1.73. The highest BCUT2D eigenvalue weighted by Crippen LogP contribution is 2.09. The average Bonchev–Trinajstić information content (AvgIpc) is 2.98. The molecule has 2 rings (SSSR count). The molecular formula is C12H16N4O3. The predicted molar refractivity (Wildman–Crippen MR) is 66.3 cm³/mol. The second kappa shape index (κ2) is 5.66. The Labute approximate surface area is 110 Å². The van der Waals surface area contributed by atoms with Gasteiger partial charge >= 0.3 is 0 Å². The van der Waals surface area contributed by atoms with Crippen molar-refractivity contribution in [2.45, 2.75) is 13.5 Å². The molecule has 7 nitrogen and oxygen atoms in total. The summed E-state index contributed by atoms with van der Waals surface area (Å²) in [5.74, 6) is 0.305. The molecule has 2 aromatic rings. The number of carbonyl (C=O) groups is 1. The molecule has 0 atom stereocenters. The fourth-order valence-corrected chi connectivity index (χ4v) is 1.73. The predicted octanol–water partition coefficient (Wildman–Crippen LogP) is 0.351. The van der Waals surface area contributed by atoms with Crippen LogP contribution in [-0.2, 0) is 13.6 Å². The van der Waals surface area contributed by atoms with Crippen molar-refractivity contribution in [3.8, 4) is 0 Å². The van der Waals surface area contributed by atoms with Gasteiger partial charge in [-0.1, -0.05) is 5.16 Å². The molecule has 0 bridgehead atoms. The summed E-state index contributed by atoms with van der Waals surface area (Å²) in [6.45, 7) is 2.21. The van der Waals surface area contributed by atoms with Crippen molar-refractivity contribution in [1.82, 2.24) is 19.6 Å². The summed E-state index contributed by atoms with van der Waals surface area (Å²) in [7, 11) is 1.85. The summed E-state index contributed by atoms with van der Waals surface area (Å²) in [6.07, 6.45) is 3.35. The highest BCUT2D eigenvalue weighted by Gasteiger charge is 2.20. The van der Waals surface area contributed by atoms with Crippen molar-refractivity contribution in [2.75, 3.05) is 13.2 Å². The Kier molecular flexibility index (Phi) is 3.96. The third kappa shape index (κ3) is 3.00. The Morgan fingerprint density at radius 3 is 2.89 bits per heavy atom. The number of nitrogens with zero attached hydrogens (tertiary/aromatic N) is 4. The number of aliphatic hydroxyl groups excluding tert-OH is 1. The minimum absolute atomic E-state index is 0.111. The maximum atomic E-state index is 12.2. The van der Waals surface area contributed by atoms with Crippen LogP contribution in [0.25, 0.3) is 0 Å². The molecule has 2 aromatic heterocycles. The number of aryl methyl sites for hydroxylation is 2. The smallest absolute Gasteiger partial charge is 0.276 e. The third-order valence-corrected chi connectivity index (χ3v) is 2.77. The van der Waals surface area contributed by atoms with Crippen LogP contribution in [-0.4, -0.2) is 43.8 Å². The van der Waals surface area contributed by atoms with Gasteiger partial charge in [0.05, 0.1) is 25.2 Å². The summed E-state index contributed by atoms with van der Waals surface area (Å²) in [4.78, 5) is 17.8. The van der Waals surface area contributed by atoms with E-state index in [9.17, 15) is 4.79 Å². The second-order valence-corrected chi connectivity index (χ2v) is 4.27. The maximum absolute atomic E-state index is 12.2. The van der Waals surface area contributed by atoms with Crippen LogP contribution in [0.1, 0.15) is 21.9 Å². The third-order valence-electron chi connectivity index (χ3n) is 2.77. The maximum Gasteiger partial charge on any atom is 0.276 e. The number of imidazole rings is 1. The minimum atomic E-state index is -0.271. The average molecular weight is 264 g/mol. The van der Waals surface area contributed by atoms with Crippen molar-refractivity contribution in [3.63, 3.8) is 0 Å². The van der Waals surface area contributed by atoms with Crippen LogP contribution in [0.2, 0.25) is 0 Å². The van der Waals surface area contributed by atoms with Gasteiger partial charge in [0.15, 0.2) is 5.69 Å². The molecule has 0 saturated heterocycles. The quantitative estimate of drug-likeness (QED) is 0.842. The Bertz CT molecular complexity index is 561. The lowest BCUT2D eigenvalue weighted by atomic mass is 10.3. The SMILES string of the molecule is Cc1cc(C(=O)N(CCO)Cc2cncn2C)no1. The number of carbonyl (C=O) groups excluding carboxylic acids is 1. The first kappa shape index (κ1) is 13.3. The molecular weight excluding hydrogens is 248 g/mol. The van der Waals surface area contributed by atoms with Crippen molar-refractivity contribution in [3.05, 3.63) is 35.7 Å². The Morgan fingerprint density at radius 1 is 1.58 bits per heavy atom. The first-order valence-electron chi connectivity index (χ1n) is 5.90. The molecule has 0 saturated carbocycles. The molecule has 1 amide bonds. The summed E-state index contributed by atoms with van der Waals surface area (Å²) >= 11 is 0. The topological polar surface area (TPSA) is 84.4 Å². The molecule has 0 radical (unpaired) electrons. The van der Waals surface area contributed by atoms with Crippen LogP contribution in [0.5, 0.6) is 0 Å². The highest BCUT2D eigenvalue weighted by atomic mass is 16.5. The van der Waals surface area contributed by atoms with E-state index in [1.807, 2.05) is 11.6 Å². The van der Waals surface area contributed by atoms with Gasteiger partial charge in [-0.15, -0.1) is 0 Å². The fraction of sp³-hybridized carbons (Fsp3) is 0.417. The Morgan fingerprint density at radius 2 is 2.37 bits per heavy atom. The summed E-state index contributed by atoms with van der Waals surface area (Å²) < 4.78 is 6.72. The van der Waals surface area contributed by atoms with Crippen LogP contribution in [0.15, 0.2) is 23.1 Å². The van der Waals surface area contributed by atoms with E-state index in [0.29, 0.717) is 12.3 Å². The van der Waals surface area contributed by atoms with Gasteiger partial charge in [-0.25, -0.2) is 4.98 Å². The Hall–Kier alpha value is -2.15. The summed E-state index contributed by atoms with van der Waals surface area (Å²) in [5, 5.41) is 12.8. The lowest BCUT2D eigenvalue weighted by Gasteiger charge is -2.20. The van der Waals surface area contributed by atoms with Crippen LogP contribution < -0.4 is 0 Å². The number of amides is 1. The minimum Gasteiger partial charge on any atom is -0.395 e. The van der Waals surface area contributed by atoms with Gasteiger partial charge < -0.3 is 19.1 Å². The number of aromatic nitrogens is 3. The van der Waals surface area contributed by atoms with E-state index in [4.69, 9.17) is 9.63 Å². The number of hydrogen-bond donors (Lipinski definition) is 1. The van der Waals surface area contributed by atoms with Crippen molar-refractivity contribution in [2.24, 2.45) is 7.05 Å². The van der Waals surface area contributed by atoms with Gasteiger partial charge in [0.25, 0.3) is 5.91 Å². The molecule has 0 unspecified atom stereocenters. The molecule has 0 fully saturated rings. The number of aliphatic hydroxyl groups is 1.